The van der Waals surface area contributed by atoms with Crippen molar-refractivity contribution in [2.75, 3.05) is 6.54 Å². The van der Waals surface area contributed by atoms with Gasteiger partial charge >= 0.3 is 0 Å². The molecule has 26 heavy (non-hydrogen) atoms. The fourth-order valence-electron chi connectivity index (χ4n) is 3.30. The van der Waals surface area contributed by atoms with Crippen molar-refractivity contribution in [3.63, 3.8) is 0 Å². The van der Waals surface area contributed by atoms with Crippen molar-refractivity contribution in [1.82, 2.24) is 9.62 Å². The third kappa shape index (κ3) is 4.31. The van der Waals surface area contributed by atoms with Crippen LogP contribution in [0.15, 0.2) is 48.5 Å². The number of nitrogens with one attached hydrogen (secondary N) is 1. The summed E-state index contributed by atoms with van der Waals surface area (Å²) >= 11 is 0. The Morgan fingerprint density at radius 1 is 1.12 bits per heavy atom. The molecule has 1 N–H and O–H groups in total. The third-order valence-corrected chi connectivity index (χ3v) is 6.18. The molecule has 1 amide bonds. The lowest BCUT2D eigenvalue weighted by Crippen LogP contribution is -2.48. The van der Waals surface area contributed by atoms with Crippen molar-refractivity contribution < 1.29 is 13.2 Å². The van der Waals surface area contributed by atoms with Gasteiger partial charge in [0, 0.05) is 13.1 Å². The summed E-state index contributed by atoms with van der Waals surface area (Å²) in [6.07, 6.45) is 0.796. The molecule has 1 aliphatic rings. The molecule has 0 unspecified atom stereocenters. The summed E-state index contributed by atoms with van der Waals surface area (Å²) in [5.74, 6) is -0.312. The Bertz CT molecular complexity index is 909. The maximum absolute atomic E-state index is 12.7. The van der Waals surface area contributed by atoms with Gasteiger partial charge in [-0.1, -0.05) is 48.5 Å². The number of carbonyl (C=O) groups is 1. The molecule has 0 fully saturated rings. The van der Waals surface area contributed by atoms with E-state index in [0.29, 0.717) is 13.1 Å². The molecule has 0 spiro atoms. The minimum absolute atomic E-state index is 0.125. The van der Waals surface area contributed by atoms with E-state index in [1.165, 1.54) is 5.56 Å². The first-order valence-corrected chi connectivity index (χ1v) is 10.4. The molecule has 0 saturated heterocycles. The number of nitrogens with zero attached hydrogens (tertiary/aromatic N) is 1. The Kier molecular flexibility index (Phi) is 5.44. The van der Waals surface area contributed by atoms with Gasteiger partial charge in [0.05, 0.1) is 11.8 Å². The molecule has 1 heterocycles. The van der Waals surface area contributed by atoms with Gasteiger partial charge in [0.1, 0.15) is 0 Å². The maximum Gasteiger partial charge on any atom is 0.240 e. The number of sulfonamides is 1. The molecule has 2 aromatic carbocycles. The second-order valence-electron chi connectivity index (χ2n) is 6.80. The van der Waals surface area contributed by atoms with Crippen LogP contribution in [-0.2, 0) is 33.5 Å². The van der Waals surface area contributed by atoms with Crippen LogP contribution in [0.25, 0.3) is 0 Å². The van der Waals surface area contributed by atoms with E-state index >= 15 is 0 Å². The number of aryl methyl sites for hydroxylation is 1. The molecule has 0 aromatic heterocycles. The van der Waals surface area contributed by atoms with E-state index in [2.05, 4.69) is 10.8 Å². The molecule has 2 aromatic rings. The number of rotatable bonds is 5. The highest BCUT2D eigenvalue weighted by molar-refractivity contribution is 7.88. The molecule has 1 aliphatic heterocycles. The van der Waals surface area contributed by atoms with E-state index in [0.717, 1.165) is 23.1 Å². The fourth-order valence-corrected chi connectivity index (χ4v) is 4.75. The summed E-state index contributed by atoms with van der Waals surface area (Å²) in [6, 6.07) is 14.6. The van der Waals surface area contributed by atoms with E-state index in [4.69, 9.17) is 0 Å². The van der Waals surface area contributed by atoms with Crippen LogP contribution in [0.3, 0.4) is 0 Å². The van der Waals surface area contributed by atoms with Crippen LogP contribution in [0, 0.1) is 6.92 Å². The second-order valence-corrected chi connectivity index (χ2v) is 8.56. The van der Waals surface area contributed by atoms with Crippen LogP contribution in [0.4, 0.5) is 0 Å². The van der Waals surface area contributed by atoms with E-state index in [1.54, 1.807) is 17.9 Å². The quantitative estimate of drug-likeness (QED) is 0.876. The van der Waals surface area contributed by atoms with Crippen LogP contribution in [-0.4, -0.2) is 31.8 Å². The van der Waals surface area contributed by atoms with Crippen molar-refractivity contribution in [3.05, 3.63) is 70.8 Å². The van der Waals surface area contributed by atoms with E-state index in [9.17, 15) is 13.2 Å². The third-order valence-electron chi connectivity index (χ3n) is 4.78. The molecule has 0 radical (unpaired) electrons. The monoisotopic (exact) mass is 372 g/mol. The van der Waals surface area contributed by atoms with Crippen LogP contribution in [0.2, 0.25) is 0 Å². The van der Waals surface area contributed by atoms with Crippen molar-refractivity contribution in [1.29, 1.82) is 0 Å². The normalized spacial score (nSPS) is 15.4. The molecule has 5 nitrogen and oxygen atoms in total. The largest absolute Gasteiger partial charge is 0.337 e. The molecule has 1 atom stereocenters. The van der Waals surface area contributed by atoms with Crippen LogP contribution < -0.4 is 4.72 Å². The van der Waals surface area contributed by atoms with Gasteiger partial charge in [-0.3, -0.25) is 4.79 Å². The fraction of sp³-hybridized carbons (Fsp3) is 0.350. The zero-order chi connectivity index (χ0) is 18.7. The van der Waals surface area contributed by atoms with E-state index < -0.39 is 16.1 Å². The number of hydrogen-bond donors (Lipinski definition) is 1. The summed E-state index contributed by atoms with van der Waals surface area (Å²) in [6.45, 7) is 4.63. The van der Waals surface area contributed by atoms with Crippen molar-refractivity contribution in [2.45, 2.75) is 38.6 Å². The van der Waals surface area contributed by atoms with Gasteiger partial charge in [0.15, 0.2) is 0 Å². The van der Waals surface area contributed by atoms with Gasteiger partial charge in [-0.05, 0) is 42.5 Å². The van der Waals surface area contributed by atoms with Gasteiger partial charge in [0.2, 0.25) is 15.9 Å². The Balaban J connectivity index is 1.65. The SMILES string of the molecule is Cc1ccccc1CS(=O)(=O)N[C@@H](C)C(=O)N1CCc2ccccc2C1. The molecule has 0 aliphatic carbocycles. The zero-order valence-electron chi connectivity index (χ0n) is 15.1. The average molecular weight is 372 g/mol. The standard InChI is InChI=1S/C20H24N2O3S/c1-15-7-3-4-10-19(15)14-26(24,25)21-16(2)20(23)22-12-11-17-8-5-6-9-18(17)13-22/h3-10,16,21H,11-14H2,1-2H3/t16-/m0/s1. The summed E-state index contributed by atoms with van der Waals surface area (Å²) < 4.78 is 27.5. The van der Waals surface area contributed by atoms with Crippen molar-refractivity contribution in [2.24, 2.45) is 0 Å². The van der Waals surface area contributed by atoms with Gasteiger partial charge in [-0.2, -0.15) is 0 Å². The molecule has 0 saturated carbocycles. The number of hydrogen-bond acceptors (Lipinski definition) is 3. The van der Waals surface area contributed by atoms with Crippen LogP contribution in [0.5, 0.6) is 0 Å². The second kappa shape index (κ2) is 7.60. The molecule has 0 bridgehead atoms. The summed E-state index contributed by atoms with van der Waals surface area (Å²) in [4.78, 5) is 14.4. The number of carbonyl (C=O) groups excluding carboxylic acids is 1. The molecular formula is C20H24N2O3S. The average Bonchev–Trinajstić information content (AvgIpc) is 2.62. The van der Waals surface area contributed by atoms with Crippen molar-refractivity contribution in [3.8, 4) is 0 Å². The highest BCUT2D eigenvalue weighted by Gasteiger charge is 2.27. The maximum atomic E-state index is 12.7. The Morgan fingerprint density at radius 2 is 1.77 bits per heavy atom. The highest BCUT2D eigenvalue weighted by atomic mass is 32.2. The van der Waals surface area contributed by atoms with Gasteiger partial charge in [0.25, 0.3) is 0 Å². The Labute approximate surface area is 155 Å². The predicted molar refractivity (Wildman–Crippen MR) is 102 cm³/mol. The molecular weight excluding hydrogens is 348 g/mol. The minimum atomic E-state index is -3.60. The summed E-state index contributed by atoms with van der Waals surface area (Å²) in [5, 5.41) is 0. The Morgan fingerprint density at radius 3 is 2.50 bits per heavy atom. The summed E-state index contributed by atoms with van der Waals surface area (Å²) in [5.41, 5.74) is 4.04. The predicted octanol–water partition coefficient (Wildman–Crippen LogP) is 2.39. The topological polar surface area (TPSA) is 66.5 Å². The Hall–Kier alpha value is -2.18. The first-order valence-electron chi connectivity index (χ1n) is 8.76. The first kappa shape index (κ1) is 18.6. The lowest BCUT2D eigenvalue weighted by molar-refractivity contribution is -0.133. The van der Waals surface area contributed by atoms with E-state index in [1.807, 2.05) is 43.3 Å². The molecule has 138 valence electrons. The smallest absolute Gasteiger partial charge is 0.240 e. The van der Waals surface area contributed by atoms with Gasteiger partial charge < -0.3 is 4.90 Å². The van der Waals surface area contributed by atoms with Gasteiger partial charge in [-0.15, -0.1) is 0 Å². The minimum Gasteiger partial charge on any atom is -0.337 e. The lowest BCUT2D eigenvalue weighted by Gasteiger charge is -2.31. The zero-order valence-corrected chi connectivity index (χ0v) is 15.9. The van der Waals surface area contributed by atoms with Crippen LogP contribution in [0.1, 0.15) is 29.2 Å². The number of amides is 1. The number of benzene rings is 2. The first-order chi connectivity index (χ1) is 12.4. The highest BCUT2D eigenvalue weighted by Crippen LogP contribution is 2.19. The molecule has 3 rings (SSSR count). The molecule has 6 heteroatoms. The summed E-state index contributed by atoms with van der Waals surface area (Å²) in [7, 11) is -3.60. The number of fused-ring (bicyclic) bond motifs is 1. The van der Waals surface area contributed by atoms with Gasteiger partial charge in [-0.25, -0.2) is 13.1 Å². The van der Waals surface area contributed by atoms with Crippen LogP contribution >= 0.6 is 0 Å². The van der Waals surface area contributed by atoms with Crippen molar-refractivity contribution >= 4 is 15.9 Å². The lowest BCUT2D eigenvalue weighted by atomic mass is 9.99. The van der Waals surface area contributed by atoms with E-state index in [-0.39, 0.29) is 11.7 Å².